The highest BCUT2D eigenvalue weighted by Gasteiger charge is 2.15. The van der Waals surface area contributed by atoms with Gasteiger partial charge in [0.15, 0.2) is 5.82 Å². The first-order chi connectivity index (χ1) is 8.49. The Bertz CT molecular complexity index is 632. The summed E-state index contributed by atoms with van der Waals surface area (Å²) in [5, 5.41) is 9.81. The van der Waals surface area contributed by atoms with E-state index in [1.54, 1.807) is 6.07 Å². The summed E-state index contributed by atoms with van der Waals surface area (Å²) in [7, 11) is 0. The molecule has 18 heavy (non-hydrogen) atoms. The second-order valence-corrected chi connectivity index (χ2v) is 4.47. The second-order valence-electron chi connectivity index (χ2n) is 4.47. The predicted molar refractivity (Wildman–Crippen MR) is 68.6 cm³/mol. The number of rotatable bonds is 2. The van der Waals surface area contributed by atoms with Crippen LogP contribution >= 0.6 is 0 Å². The lowest BCUT2D eigenvalue weighted by Crippen LogP contribution is -2.16. The number of aryl methyl sites for hydroxylation is 1. The van der Waals surface area contributed by atoms with E-state index in [-0.39, 0.29) is 23.2 Å². The van der Waals surface area contributed by atoms with Crippen LogP contribution in [0.2, 0.25) is 0 Å². The highest BCUT2D eigenvalue weighted by molar-refractivity contribution is 5.50. The molecular formula is C13H15N3O2. The molecule has 2 aromatic rings. The number of pyridine rings is 1. The Kier molecular flexibility index (Phi) is 3.14. The van der Waals surface area contributed by atoms with Crippen molar-refractivity contribution in [3.05, 3.63) is 39.8 Å². The molecule has 5 heteroatoms. The van der Waals surface area contributed by atoms with E-state index in [2.05, 4.69) is 15.0 Å². The molecule has 0 saturated carbocycles. The maximum Gasteiger partial charge on any atom is 0.258 e. The average molecular weight is 245 g/mol. The van der Waals surface area contributed by atoms with E-state index >= 15 is 0 Å². The molecule has 0 spiro atoms. The van der Waals surface area contributed by atoms with Gasteiger partial charge in [-0.15, -0.1) is 0 Å². The second kappa shape index (κ2) is 4.60. The normalized spacial score (nSPS) is 10.9. The third-order valence-electron chi connectivity index (χ3n) is 2.64. The minimum Gasteiger partial charge on any atom is -0.493 e. The van der Waals surface area contributed by atoms with Crippen LogP contribution in [-0.2, 0) is 0 Å². The monoisotopic (exact) mass is 245 g/mol. The fraction of sp³-hybridized carbons (Fsp3) is 0.308. The summed E-state index contributed by atoms with van der Waals surface area (Å²) in [5.74, 6) is -0.0292. The minimum absolute atomic E-state index is 0.0826. The van der Waals surface area contributed by atoms with Crippen molar-refractivity contribution in [2.24, 2.45) is 0 Å². The van der Waals surface area contributed by atoms with Crippen LogP contribution in [0.25, 0.3) is 11.5 Å². The van der Waals surface area contributed by atoms with Gasteiger partial charge < -0.3 is 10.1 Å². The predicted octanol–water partition coefficient (Wildman–Crippen LogP) is 1.97. The SMILES string of the molecule is Cc1cccc(-c2nc(O)c(C(C)C)c(=O)[nH]2)n1. The molecule has 0 atom stereocenters. The molecule has 0 aromatic carbocycles. The lowest BCUT2D eigenvalue weighted by atomic mass is 10.1. The van der Waals surface area contributed by atoms with Gasteiger partial charge in [0, 0.05) is 5.69 Å². The molecule has 2 rings (SSSR count). The van der Waals surface area contributed by atoms with Crippen molar-refractivity contribution in [1.29, 1.82) is 0 Å². The number of aromatic amines is 1. The minimum atomic E-state index is -0.323. The Morgan fingerprint density at radius 1 is 1.28 bits per heavy atom. The van der Waals surface area contributed by atoms with Gasteiger partial charge in [-0.1, -0.05) is 19.9 Å². The zero-order valence-corrected chi connectivity index (χ0v) is 10.6. The molecule has 94 valence electrons. The van der Waals surface area contributed by atoms with Gasteiger partial charge in [-0.25, -0.2) is 4.98 Å². The number of nitrogens with one attached hydrogen (secondary N) is 1. The first-order valence-electron chi connectivity index (χ1n) is 5.76. The topological polar surface area (TPSA) is 78.9 Å². The van der Waals surface area contributed by atoms with Gasteiger partial charge in [0.05, 0.1) is 5.56 Å². The van der Waals surface area contributed by atoms with E-state index < -0.39 is 0 Å². The van der Waals surface area contributed by atoms with E-state index in [4.69, 9.17) is 0 Å². The molecule has 0 aliphatic rings. The van der Waals surface area contributed by atoms with Crippen LogP contribution in [0.15, 0.2) is 23.0 Å². The zero-order chi connectivity index (χ0) is 13.3. The molecule has 2 N–H and O–H groups in total. The number of hydrogen-bond acceptors (Lipinski definition) is 4. The lowest BCUT2D eigenvalue weighted by molar-refractivity contribution is 0.440. The van der Waals surface area contributed by atoms with Gasteiger partial charge >= 0.3 is 0 Å². The van der Waals surface area contributed by atoms with Crippen LogP contribution in [0.1, 0.15) is 31.0 Å². The number of nitrogens with zero attached hydrogens (tertiary/aromatic N) is 2. The summed E-state index contributed by atoms with van der Waals surface area (Å²) < 4.78 is 0. The first kappa shape index (κ1) is 12.3. The molecule has 0 aliphatic carbocycles. The quantitative estimate of drug-likeness (QED) is 0.847. The molecule has 2 aromatic heterocycles. The largest absolute Gasteiger partial charge is 0.493 e. The van der Waals surface area contributed by atoms with Crippen molar-refractivity contribution in [2.45, 2.75) is 26.7 Å². The van der Waals surface area contributed by atoms with E-state index in [0.29, 0.717) is 11.3 Å². The standard InChI is InChI=1S/C13H15N3O2/c1-7(2)10-12(17)15-11(16-13(10)18)9-6-4-5-8(3)14-9/h4-7H,1-3H3,(H2,15,16,17,18). The van der Waals surface area contributed by atoms with Gasteiger partial charge in [-0.05, 0) is 25.0 Å². The molecule has 0 amide bonds. The number of hydrogen-bond donors (Lipinski definition) is 2. The first-order valence-corrected chi connectivity index (χ1v) is 5.76. The molecule has 0 fully saturated rings. The Morgan fingerprint density at radius 3 is 2.56 bits per heavy atom. The molecule has 0 radical (unpaired) electrons. The maximum absolute atomic E-state index is 11.9. The number of H-pyrrole nitrogens is 1. The van der Waals surface area contributed by atoms with Gasteiger partial charge in [-0.2, -0.15) is 4.98 Å². The Balaban J connectivity index is 2.59. The molecule has 0 aliphatic heterocycles. The third-order valence-corrected chi connectivity index (χ3v) is 2.64. The van der Waals surface area contributed by atoms with E-state index in [1.165, 1.54) is 0 Å². The average Bonchev–Trinajstić information content (AvgIpc) is 2.27. The van der Waals surface area contributed by atoms with E-state index in [0.717, 1.165) is 5.69 Å². The van der Waals surface area contributed by atoms with Crippen LogP contribution in [0.5, 0.6) is 5.88 Å². The lowest BCUT2D eigenvalue weighted by Gasteiger charge is -2.08. The van der Waals surface area contributed by atoms with Gasteiger partial charge in [0.25, 0.3) is 5.56 Å². The molecule has 5 nitrogen and oxygen atoms in total. The number of aromatic hydroxyl groups is 1. The van der Waals surface area contributed by atoms with Crippen LogP contribution in [-0.4, -0.2) is 20.1 Å². The van der Waals surface area contributed by atoms with Crippen molar-refractivity contribution in [1.82, 2.24) is 15.0 Å². The highest BCUT2D eigenvalue weighted by atomic mass is 16.3. The van der Waals surface area contributed by atoms with Gasteiger partial charge in [0.2, 0.25) is 5.88 Å². The van der Waals surface area contributed by atoms with E-state index in [1.807, 2.05) is 32.9 Å². The summed E-state index contributed by atoms with van der Waals surface area (Å²) in [4.78, 5) is 22.8. The highest BCUT2D eigenvalue weighted by Crippen LogP contribution is 2.21. The Labute approximate surface area is 105 Å². The van der Waals surface area contributed by atoms with E-state index in [9.17, 15) is 9.90 Å². The molecule has 0 unspecified atom stereocenters. The summed E-state index contributed by atoms with van der Waals surface area (Å²) in [6.07, 6.45) is 0. The van der Waals surface area contributed by atoms with Crippen LogP contribution in [0.4, 0.5) is 0 Å². The summed E-state index contributed by atoms with van der Waals surface area (Å²) >= 11 is 0. The summed E-state index contributed by atoms with van der Waals surface area (Å²) in [5.41, 5.74) is 1.34. The van der Waals surface area contributed by atoms with Crippen molar-refractivity contribution in [3.63, 3.8) is 0 Å². The molecule has 2 heterocycles. The van der Waals surface area contributed by atoms with Crippen LogP contribution < -0.4 is 5.56 Å². The van der Waals surface area contributed by atoms with Crippen molar-refractivity contribution in [2.75, 3.05) is 0 Å². The summed E-state index contributed by atoms with van der Waals surface area (Å²) in [6.45, 7) is 5.51. The number of aromatic nitrogens is 3. The molecule has 0 saturated heterocycles. The Morgan fingerprint density at radius 2 is 2.00 bits per heavy atom. The van der Waals surface area contributed by atoms with Crippen LogP contribution in [0, 0.1) is 6.92 Å². The fourth-order valence-electron chi connectivity index (χ4n) is 1.79. The molecule has 0 bridgehead atoms. The summed E-state index contributed by atoms with van der Waals surface area (Å²) in [6, 6.07) is 5.41. The van der Waals surface area contributed by atoms with Crippen molar-refractivity contribution >= 4 is 0 Å². The van der Waals surface area contributed by atoms with Crippen molar-refractivity contribution in [3.8, 4) is 17.4 Å². The smallest absolute Gasteiger partial charge is 0.258 e. The zero-order valence-electron chi connectivity index (χ0n) is 10.6. The van der Waals surface area contributed by atoms with Crippen LogP contribution in [0.3, 0.4) is 0 Å². The van der Waals surface area contributed by atoms with Gasteiger partial charge in [-0.3, -0.25) is 4.79 Å². The fourth-order valence-corrected chi connectivity index (χ4v) is 1.79. The third kappa shape index (κ3) is 2.25. The Hall–Kier alpha value is -2.17. The van der Waals surface area contributed by atoms with Gasteiger partial charge in [0.1, 0.15) is 5.69 Å². The maximum atomic E-state index is 11.9. The molecular weight excluding hydrogens is 230 g/mol. The van der Waals surface area contributed by atoms with Crippen molar-refractivity contribution < 1.29 is 5.11 Å².